The number of aliphatic hydroxyl groups is 1. The van der Waals surface area contributed by atoms with Crippen LogP contribution in [0.2, 0.25) is 0 Å². The van der Waals surface area contributed by atoms with Gasteiger partial charge in [-0.2, -0.15) is 0 Å². The number of hydrogen-bond donors (Lipinski definition) is 1. The third-order valence-electron chi connectivity index (χ3n) is 4.30. The van der Waals surface area contributed by atoms with Crippen LogP contribution in [0.3, 0.4) is 0 Å². The molecule has 0 aromatic carbocycles. The van der Waals surface area contributed by atoms with Gasteiger partial charge in [-0.15, -0.1) is 0 Å². The van der Waals surface area contributed by atoms with Crippen LogP contribution in [-0.2, 0) is 9.53 Å². The maximum atomic E-state index is 11.9. The minimum Gasteiger partial charge on any atom is -0.389 e. The zero-order chi connectivity index (χ0) is 12.3. The van der Waals surface area contributed by atoms with Crippen molar-refractivity contribution in [3.63, 3.8) is 0 Å². The summed E-state index contributed by atoms with van der Waals surface area (Å²) < 4.78 is 4.93. The Bertz CT molecular complexity index is 282. The first-order chi connectivity index (χ1) is 8.15. The number of fused-ring (bicyclic) bond motifs is 1. The third kappa shape index (κ3) is 2.80. The second-order valence-electron chi connectivity index (χ2n) is 5.38. The summed E-state index contributed by atoms with van der Waals surface area (Å²) >= 11 is 0. The number of ether oxygens (including phenoxy) is 1. The number of piperidine rings is 1. The standard InChI is InChI=1S/C13H23NO3/c1-17-9-5-12(15)14-8-7-13(16)6-3-2-4-11(13)10-14/h11,16H,2-10H2,1H3. The highest BCUT2D eigenvalue weighted by molar-refractivity contribution is 5.76. The van der Waals surface area contributed by atoms with Crippen molar-refractivity contribution in [3.8, 4) is 0 Å². The molecular weight excluding hydrogens is 218 g/mol. The Morgan fingerprint density at radius 3 is 3.06 bits per heavy atom. The highest BCUT2D eigenvalue weighted by Crippen LogP contribution is 2.39. The van der Waals surface area contributed by atoms with Crippen molar-refractivity contribution in [2.45, 2.75) is 44.1 Å². The highest BCUT2D eigenvalue weighted by atomic mass is 16.5. The second kappa shape index (κ2) is 5.36. The van der Waals surface area contributed by atoms with Crippen LogP contribution >= 0.6 is 0 Å². The molecule has 4 heteroatoms. The number of carbonyl (C=O) groups excluding carboxylic acids is 1. The van der Waals surface area contributed by atoms with Gasteiger partial charge in [0.25, 0.3) is 0 Å². The zero-order valence-corrected chi connectivity index (χ0v) is 10.7. The van der Waals surface area contributed by atoms with Gasteiger partial charge in [-0.25, -0.2) is 0 Å². The molecule has 1 saturated heterocycles. The van der Waals surface area contributed by atoms with Crippen molar-refractivity contribution < 1.29 is 14.6 Å². The van der Waals surface area contributed by atoms with Crippen molar-refractivity contribution in [2.75, 3.05) is 26.8 Å². The maximum Gasteiger partial charge on any atom is 0.224 e. The molecule has 0 bridgehead atoms. The number of hydrogen-bond acceptors (Lipinski definition) is 3. The van der Waals surface area contributed by atoms with E-state index >= 15 is 0 Å². The van der Waals surface area contributed by atoms with Gasteiger partial charge < -0.3 is 14.7 Å². The highest BCUT2D eigenvalue weighted by Gasteiger charge is 2.43. The molecule has 1 amide bonds. The minimum atomic E-state index is -0.490. The first kappa shape index (κ1) is 12.8. The van der Waals surface area contributed by atoms with Crippen molar-refractivity contribution in [1.29, 1.82) is 0 Å². The maximum absolute atomic E-state index is 11.9. The van der Waals surface area contributed by atoms with E-state index < -0.39 is 5.60 Å². The van der Waals surface area contributed by atoms with Crippen LogP contribution in [-0.4, -0.2) is 48.3 Å². The number of nitrogens with zero attached hydrogens (tertiary/aromatic N) is 1. The Morgan fingerprint density at radius 1 is 1.47 bits per heavy atom. The summed E-state index contributed by atoms with van der Waals surface area (Å²) in [7, 11) is 1.61. The molecule has 0 aromatic heterocycles. The van der Waals surface area contributed by atoms with Crippen LogP contribution in [0.4, 0.5) is 0 Å². The van der Waals surface area contributed by atoms with Crippen LogP contribution in [0.25, 0.3) is 0 Å². The summed E-state index contributed by atoms with van der Waals surface area (Å²) in [6, 6.07) is 0. The molecule has 1 aliphatic heterocycles. The first-order valence-corrected chi connectivity index (χ1v) is 6.65. The lowest BCUT2D eigenvalue weighted by atomic mass is 9.71. The van der Waals surface area contributed by atoms with Gasteiger partial charge in [-0.05, 0) is 19.3 Å². The number of amides is 1. The molecule has 1 aliphatic carbocycles. The van der Waals surface area contributed by atoms with E-state index in [0.717, 1.165) is 32.2 Å². The Balaban J connectivity index is 1.90. The molecule has 17 heavy (non-hydrogen) atoms. The quantitative estimate of drug-likeness (QED) is 0.807. The van der Waals surface area contributed by atoms with Gasteiger partial charge in [0.05, 0.1) is 18.6 Å². The lowest BCUT2D eigenvalue weighted by Crippen LogP contribution is -2.54. The topological polar surface area (TPSA) is 49.8 Å². The molecular formula is C13H23NO3. The molecule has 0 radical (unpaired) electrons. The van der Waals surface area contributed by atoms with E-state index in [1.807, 2.05) is 4.90 Å². The Hall–Kier alpha value is -0.610. The van der Waals surface area contributed by atoms with E-state index in [9.17, 15) is 9.90 Å². The molecule has 2 fully saturated rings. The number of methoxy groups -OCH3 is 1. The average molecular weight is 241 g/mol. The molecule has 1 saturated carbocycles. The first-order valence-electron chi connectivity index (χ1n) is 6.65. The number of carbonyl (C=O) groups is 1. The van der Waals surface area contributed by atoms with Crippen LogP contribution in [0.5, 0.6) is 0 Å². The van der Waals surface area contributed by atoms with Crippen LogP contribution in [0, 0.1) is 5.92 Å². The van der Waals surface area contributed by atoms with E-state index in [1.54, 1.807) is 7.11 Å². The third-order valence-corrected chi connectivity index (χ3v) is 4.30. The predicted octanol–water partition coefficient (Wildman–Crippen LogP) is 1.18. The summed E-state index contributed by atoms with van der Waals surface area (Å²) in [4.78, 5) is 13.8. The summed E-state index contributed by atoms with van der Waals surface area (Å²) in [5, 5.41) is 10.5. The Kier molecular flexibility index (Phi) is 4.05. The van der Waals surface area contributed by atoms with E-state index in [4.69, 9.17) is 4.74 Å². The van der Waals surface area contributed by atoms with Crippen molar-refractivity contribution in [3.05, 3.63) is 0 Å². The van der Waals surface area contributed by atoms with Gasteiger partial charge in [0, 0.05) is 26.1 Å². The van der Waals surface area contributed by atoms with E-state index in [-0.39, 0.29) is 11.8 Å². The van der Waals surface area contributed by atoms with Crippen LogP contribution in [0.1, 0.15) is 38.5 Å². The molecule has 4 nitrogen and oxygen atoms in total. The van der Waals surface area contributed by atoms with Gasteiger partial charge in [0.15, 0.2) is 0 Å². The lowest BCUT2D eigenvalue weighted by Gasteiger charge is -2.47. The van der Waals surface area contributed by atoms with Crippen LogP contribution < -0.4 is 0 Å². The molecule has 2 aliphatic rings. The fourth-order valence-electron chi connectivity index (χ4n) is 3.14. The van der Waals surface area contributed by atoms with E-state index in [2.05, 4.69) is 0 Å². The summed E-state index contributed by atoms with van der Waals surface area (Å²) in [5.74, 6) is 0.455. The lowest BCUT2D eigenvalue weighted by molar-refractivity contribution is -0.144. The van der Waals surface area contributed by atoms with Gasteiger partial charge in [0.1, 0.15) is 0 Å². The van der Waals surface area contributed by atoms with E-state index in [0.29, 0.717) is 19.6 Å². The second-order valence-corrected chi connectivity index (χ2v) is 5.38. The monoisotopic (exact) mass is 241 g/mol. The number of rotatable bonds is 3. The fraction of sp³-hybridized carbons (Fsp3) is 0.923. The molecule has 2 unspecified atom stereocenters. The van der Waals surface area contributed by atoms with Crippen molar-refractivity contribution in [1.82, 2.24) is 4.90 Å². The predicted molar refractivity (Wildman–Crippen MR) is 64.6 cm³/mol. The molecule has 98 valence electrons. The van der Waals surface area contributed by atoms with Gasteiger partial charge in [-0.1, -0.05) is 12.8 Å². The summed E-state index contributed by atoms with van der Waals surface area (Å²) in [5.41, 5.74) is -0.490. The fourth-order valence-corrected chi connectivity index (χ4v) is 3.14. The molecule has 1 N–H and O–H groups in total. The average Bonchev–Trinajstić information content (AvgIpc) is 2.34. The van der Waals surface area contributed by atoms with Gasteiger partial charge in [0.2, 0.25) is 5.91 Å². The summed E-state index contributed by atoms with van der Waals surface area (Å²) in [6.45, 7) is 1.93. The molecule has 2 atom stereocenters. The van der Waals surface area contributed by atoms with Crippen molar-refractivity contribution >= 4 is 5.91 Å². The largest absolute Gasteiger partial charge is 0.389 e. The molecule has 2 rings (SSSR count). The zero-order valence-electron chi connectivity index (χ0n) is 10.7. The smallest absolute Gasteiger partial charge is 0.224 e. The Morgan fingerprint density at radius 2 is 2.29 bits per heavy atom. The van der Waals surface area contributed by atoms with Gasteiger partial charge in [-0.3, -0.25) is 4.79 Å². The molecule has 0 aromatic rings. The van der Waals surface area contributed by atoms with Crippen LogP contribution in [0.15, 0.2) is 0 Å². The number of likely N-dealkylation sites (tertiary alicyclic amines) is 1. The molecule has 1 heterocycles. The Labute approximate surface area is 103 Å². The van der Waals surface area contributed by atoms with E-state index in [1.165, 1.54) is 6.42 Å². The summed E-state index contributed by atoms with van der Waals surface area (Å²) in [6.07, 6.45) is 5.50. The van der Waals surface area contributed by atoms with Gasteiger partial charge >= 0.3 is 0 Å². The SMILES string of the molecule is COCCC(=O)N1CCC2(O)CCCCC2C1. The molecule has 0 spiro atoms. The normalized spacial score (nSPS) is 33.3. The van der Waals surface area contributed by atoms with Crippen molar-refractivity contribution in [2.24, 2.45) is 5.92 Å². The minimum absolute atomic E-state index is 0.166.